The van der Waals surface area contributed by atoms with Gasteiger partial charge in [-0.25, -0.2) is 9.59 Å². The van der Waals surface area contributed by atoms with Crippen LogP contribution in [0.4, 0.5) is 0 Å². The van der Waals surface area contributed by atoms with Crippen LogP contribution >= 0.6 is 0 Å². The number of unbranched alkanes of at least 4 members (excludes halogenated alkanes) is 10. The Labute approximate surface area is 201 Å². The Kier molecular flexibility index (Phi) is 16.6. The number of carbonyl (C=O) groups is 2. The molecule has 0 unspecified atom stereocenters. The van der Waals surface area contributed by atoms with E-state index < -0.39 is 17.5 Å². The fourth-order valence-corrected chi connectivity index (χ4v) is 3.81. The summed E-state index contributed by atoms with van der Waals surface area (Å²) in [6.07, 6.45) is 15.4. The van der Waals surface area contributed by atoms with E-state index in [-0.39, 0.29) is 11.1 Å². The number of carboxylic acid groups (broad SMARTS) is 2. The van der Waals surface area contributed by atoms with Crippen molar-refractivity contribution in [1.82, 2.24) is 0 Å². The van der Waals surface area contributed by atoms with Crippen LogP contribution in [0.15, 0.2) is 12.1 Å². The number of carboxylic acids is 2. The van der Waals surface area contributed by atoms with Crippen molar-refractivity contribution in [2.45, 2.75) is 130 Å². The first-order valence-electron chi connectivity index (χ1n) is 12.9. The highest BCUT2D eigenvalue weighted by Gasteiger charge is 2.22. The van der Waals surface area contributed by atoms with Gasteiger partial charge in [-0.2, -0.15) is 0 Å². The Balaban J connectivity index is 0.00000184. The van der Waals surface area contributed by atoms with Gasteiger partial charge in [-0.1, -0.05) is 84.1 Å². The molecule has 0 radical (unpaired) electrons. The first kappa shape index (κ1) is 31.1. The maximum atomic E-state index is 11.9. The molecule has 0 amide bonds. The standard InChI is InChI=1S/C24H38O4.C4H10O/c1-3-5-7-9-11-13-15-19-17-18-21(23(25)26)22(24(27)28)20(19)16-14-12-10-8-6-4-2;1-4(2,3)5/h17-18H,3-16H2,1-2H3,(H,25,26)(H,27,28);5H,1-3H3. The van der Waals surface area contributed by atoms with E-state index in [1.165, 1.54) is 51.0 Å². The van der Waals surface area contributed by atoms with Gasteiger partial charge in [0.2, 0.25) is 0 Å². The van der Waals surface area contributed by atoms with Gasteiger partial charge in [0.15, 0.2) is 0 Å². The first-order valence-corrected chi connectivity index (χ1v) is 12.9. The third-order valence-electron chi connectivity index (χ3n) is 5.43. The molecule has 1 rings (SSSR count). The Morgan fingerprint density at radius 1 is 0.697 bits per heavy atom. The van der Waals surface area contributed by atoms with Crippen molar-refractivity contribution in [3.63, 3.8) is 0 Å². The van der Waals surface area contributed by atoms with Crippen LogP contribution in [0.5, 0.6) is 0 Å². The minimum atomic E-state index is -1.16. The number of rotatable bonds is 16. The molecule has 1 aromatic rings. The maximum absolute atomic E-state index is 11.9. The molecule has 0 atom stereocenters. The van der Waals surface area contributed by atoms with E-state index in [1.807, 2.05) is 6.07 Å². The lowest BCUT2D eigenvalue weighted by molar-refractivity contribution is 0.0650. The smallest absolute Gasteiger partial charge is 0.336 e. The minimum Gasteiger partial charge on any atom is -0.478 e. The number of aryl methyl sites for hydroxylation is 1. The molecule has 33 heavy (non-hydrogen) atoms. The van der Waals surface area contributed by atoms with Crippen molar-refractivity contribution in [2.24, 2.45) is 0 Å². The molecule has 3 N–H and O–H groups in total. The van der Waals surface area contributed by atoms with Crippen molar-refractivity contribution in [1.29, 1.82) is 0 Å². The lowest BCUT2D eigenvalue weighted by Crippen LogP contribution is -2.14. The molecule has 0 aliphatic carbocycles. The Morgan fingerprint density at radius 3 is 1.55 bits per heavy atom. The summed E-state index contributed by atoms with van der Waals surface area (Å²) >= 11 is 0. The number of benzene rings is 1. The molecular formula is C28H48O5. The molecule has 0 spiro atoms. The number of aliphatic hydroxyl groups is 1. The van der Waals surface area contributed by atoms with Crippen molar-refractivity contribution in [2.75, 3.05) is 0 Å². The van der Waals surface area contributed by atoms with Crippen LogP contribution in [0.25, 0.3) is 0 Å². The van der Waals surface area contributed by atoms with Crippen LogP contribution in [0.3, 0.4) is 0 Å². The largest absolute Gasteiger partial charge is 0.478 e. The summed E-state index contributed by atoms with van der Waals surface area (Å²) < 4.78 is 0. The first-order chi connectivity index (χ1) is 15.5. The van der Waals surface area contributed by atoms with E-state index in [0.29, 0.717) is 6.42 Å². The van der Waals surface area contributed by atoms with Crippen LogP contribution in [0, 0.1) is 0 Å². The van der Waals surface area contributed by atoms with Crippen molar-refractivity contribution in [3.05, 3.63) is 34.4 Å². The van der Waals surface area contributed by atoms with E-state index in [0.717, 1.165) is 49.7 Å². The average molecular weight is 465 g/mol. The molecule has 0 saturated heterocycles. The summed E-state index contributed by atoms with van der Waals surface area (Å²) in [6.45, 7) is 9.62. The van der Waals surface area contributed by atoms with Crippen LogP contribution < -0.4 is 0 Å². The third-order valence-corrected chi connectivity index (χ3v) is 5.43. The molecule has 0 saturated carbocycles. The van der Waals surface area contributed by atoms with Gasteiger partial charge in [0.1, 0.15) is 0 Å². The van der Waals surface area contributed by atoms with Gasteiger partial charge >= 0.3 is 11.9 Å². The van der Waals surface area contributed by atoms with Crippen LogP contribution in [0.1, 0.15) is 144 Å². The Bertz CT molecular complexity index is 682. The van der Waals surface area contributed by atoms with E-state index >= 15 is 0 Å². The van der Waals surface area contributed by atoms with E-state index in [1.54, 1.807) is 20.8 Å². The number of hydrogen-bond donors (Lipinski definition) is 3. The van der Waals surface area contributed by atoms with Gasteiger partial charge in [-0.05, 0) is 63.6 Å². The van der Waals surface area contributed by atoms with Crippen LogP contribution in [-0.4, -0.2) is 32.9 Å². The summed E-state index contributed by atoms with van der Waals surface area (Å²) in [5.74, 6) is -2.28. The predicted molar refractivity (Wildman–Crippen MR) is 136 cm³/mol. The maximum Gasteiger partial charge on any atom is 0.336 e. The van der Waals surface area contributed by atoms with Gasteiger partial charge < -0.3 is 15.3 Å². The highest BCUT2D eigenvalue weighted by Crippen LogP contribution is 2.25. The second-order valence-electron chi connectivity index (χ2n) is 9.94. The minimum absolute atomic E-state index is 0.00420. The van der Waals surface area contributed by atoms with Crippen molar-refractivity contribution in [3.8, 4) is 0 Å². The Hall–Kier alpha value is -1.88. The molecule has 0 aromatic heterocycles. The van der Waals surface area contributed by atoms with Crippen LogP contribution in [-0.2, 0) is 12.8 Å². The van der Waals surface area contributed by atoms with Crippen molar-refractivity contribution < 1.29 is 24.9 Å². The van der Waals surface area contributed by atoms with E-state index in [9.17, 15) is 19.8 Å². The van der Waals surface area contributed by atoms with Gasteiger partial charge in [0.05, 0.1) is 16.7 Å². The summed E-state index contributed by atoms with van der Waals surface area (Å²) in [5.41, 5.74) is 1.19. The number of aromatic carboxylic acids is 2. The highest BCUT2D eigenvalue weighted by atomic mass is 16.4. The molecule has 190 valence electrons. The monoisotopic (exact) mass is 464 g/mol. The second kappa shape index (κ2) is 17.6. The van der Waals surface area contributed by atoms with Crippen LogP contribution in [0.2, 0.25) is 0 Å². The van der Waals surface area contributed by atoms with Gasteiger partial charge in [0.25, 0.3) is 0 Å². The SMILES string of the molecule is CC(C)(C)O.CCCCCCCCc1ccc(C(=O)O)c(C(=O)O)c1CCCCCCCC. The highest BCUT2D eigenvalue weighted by molar-refractivity contribution is 6.03. The topological polar surface area (TPSA) is 94.8 Å². The lowest BCUT2D eigenvalue weighted by atomic mass is 9.89. The fraction of sp³-hybridized carbons (Fsp3) is 0.714. The molecular weight excluding hydrogens is 416 g/mol. The molecule has 0 aliphatic rings. The third kappa shape index (κ3) is 15.6. The van der Waals surface area contributed by atoms with Gasteiger partial charge in [0, 0.05) is 0 Å². The predicted octanol–water partition coefficient (Wildman–Crippen LogP) is 7.67. The molecule has 5 heteroatoms. The fourth-order valence-electron chi connectivity index (χ4n) is 3.81. The van der Waals surface area contributed by atoms with E-state index in [4.69, 9.17) is 5.11 Å². The second-order valence-corrected chi connectivity index (χ2v) is 9.94. The quantitative estimate of drug-likeness (QED) is 0.218. The summed E-state index contributed by atoms with van der Waals surface area (Å²) in [5, 5.41) is 27.7. The molecule has 1 aromatic carbocycles. The summed E-state index contributed by atoms with van der Waals surface area (Å²) in [6, 6.07) is 3.32. The van der Waals surface area contributed by atoms with Crippen molar-refractivity contribution >= 4 is 11.9 Å². The average Bonchev–Trinajstić information content (AvgIpc) is 2.71. The van der Waals surface area contributed by atoms with Gasteiger partial charge in [-0.3, -0.25) is 0 Å². The molecule has 5 nitrogen and oxygen atoms in total. The summed E-state index contributed by atoms with van der Waals surface area (Å²) in [4.78, 5) is 23.4. The zero-order chi connectivity index (χ0) is 25.3. The summed E-state index contributed by atoms with van der Waals surface area (Å²) in [7, 11) is 0. The molecule has 0 bridgehead atoms. The zero-order valence-electron chi connectivity index (χ0n) is 21.7. The normalized spacial score (nSPS) is 11.1. The Morgan fingerprint density at radius 2 is 1.12 bits per heavy atom. The number of hydrogen-bond acceptors (Lipinski definition) is 3. The molecule has 0 heterocycles. The van der Waals surface area contributed by atoms with E-state index in [2.05, 4.69) is 13.8 Å². The van der Waals surface area contributed by atoms with Gasteiger partial charge in [-0.15, -0.1) is 0 Å². The molecule has 0 fully saturated rings. The zero-order valence-corrected chi connectivity index (χ0v) is 21.7. The lowest BCUT2D eigenvalue weighted by Gasteiger charge is -2.15. The molecule has 0 aliphatic heterocycles.